The molecule has 2 N–H and O–H groups in total. The molecule has 2 aromatic carbocycles. The van der Waals surface area contributed by atoms with Crippen LogP contribution in [0, 0.1) is 6.92 Å². The molecule has 0 atom stereocenters. The quantitative estimate of drug-likeness (QED) is 0.665. The number of hydrogen-bond acceptors (Lipinski definition) is 4. The highest BCUT2D eigenvalue weighted by atomic mass is 16.6. The Hall–Kier alpha value is -3.12. The second kappa shape index (κ2) is 9.00. The Morgan fingerprint density at radius 2 is 2.00 bits per heavy atom. The van der Waals surface area contributed by atoms with Crippen molar-refractivity contribution in [2.45, 2.75) is 20.0 Å². The van der Waals surface area contributed by atoms with Gasteiger partial charge in [-0.05, 0) is 36.6 Å². The van der Waals surface area contributed by atoms with E-state index in [1.807, 2.05) is 61.7 Å². The lowest BCUT2D eigenvalue weighted by Crippen LogP contribution is -2.32. The first-order chi connectivity index (χ1) is 13.2. The van der Waals surface area contributed by atoms with Gasteiger partial charge in [0, 0.05) is 30.6 Å². The van der Waals surface area contributed by atoms with Crippen LogP contribution in [0.4, 0.5) is 10.5 Å². The first-order valence-corrected chi connectivity index (χ1v) is 8.87. The van der Waals surface area contributed by atoms with E-state index in [0.717, 1.165) is 27.9 Å². The van der Waals surface area contributed by atoms with Gasteiger partial charge in [-0.2, -0.15) is 5.10 Å². The van der Waals surface area contributed by atoms with Gasteiger partial charge in [-0.1, -0.05) is 42.0 Å². The number of hydrogen-bond donors (Lipinski definition) is 2. The molecule has 6 nitrogen and oxygen atoms in total. The summed E-state index contributed by atoms with van der Waals surface area (Å²) in [4.78, 5) is 14.2. The maximum absolute atomic E-state index is 12.6. The van der Waals surface area contributed by atoms with Gasteiger partial charge >= 0.3 is 6.09 Å². The largest absolute Gasteiger partial charge is 0.444 e. The number of aliphatic hydroxyl groups excluding tert-OH is 1. The summed E-state index contributed by atoms with van der Waals surface area (Å²) >= 11 is 0. The molecule has 6 heteroatoms. The van der Waals surface area contributed by atoms with Gasteiger partial charge in [0.05, 0.1) is 6.20 Å². The standard InChI is InChI=1S/C21H23N3O3/c1-16-4-2-5-17(12-16)15-27-21(26)24(10-3-11-25)20-8-6-18(7-9-20)19-13-22-23-14-19/h2,4-9,12-14,25H,3,10-11,15H2,1H3,(H,22,23). The molecule has 0 saturated heterocycles. The highest BCUT2D eigenvalue weighted by Gasteiger charge is 2.17. The number of nitrogens with one attached hydrogen (secondary N) is 1. The van der Waals surface area contributed by atoms with Crippen LogP contribution < -0.4 is 4.90 Å². The van der Waals surface area contributed by atoms with Crippen LogP contribution in [0.15, 0.2) is 60.9 Å². The van der Waals surface area contributed by atoms with Crippen LogP contribution in [0.5, 0.6) is 0 Å². The number of amides is 1. The molecular formula is C21H23N3O3. The van der Waals surface area contributed by atoms with Crippen molar-refractivity contribution < 1.29 is 14.6 Å². The molecule has 0 aliphatic heterocycles. The minimum atomic E-state index is -0.430. The van der Waals surface area contributed by atoms with Crippen LogP contribution in [0.3, 0.4) is 0 Å². The average Bonchev–Trinajstić information content (AvgIpc) is 3.22. The maximum atomic E-state index is 12.6. The van der Waals surface area contributed by atoms with Crippen LogP contribution in [-0.2, 0) is 11.3 Å². The van der Waals surface area contributed by atoms with Crippen molar-refractivity contribution in [3.8, 4) is 11.1 Å². The molecule has 0 saturated carbocycles. The second-order valence-electron chi connectivity index (χ2n) is 6.31. The lowest BCUT2D eigenvalue weighted by atomic mass is 10.1. The van der Waals surface area contributed by atoms with E-state index in [1.165, 1.54) is 0 Å². The number of nitrogens with zero attached hydrogens (tertiary/aromatic N) is 2. The van der Waals surface area contributed by atoms with Crippen LogP contribution in [0.1, 0.15) is 17.5 Å². The predicted molar refractivity (Wildman–Crippen MR) is 104 cm³/mol. The van der Waals surface area contributed by atoms with Crippen LogP contribution in [0.2, 0.25) is 0 Å². The normalized spacial score (nSPS) is 10.6. The van der Waals surface area contributed by atoms with Gasteiger partial charge in [0.15, 0.2) is 0 Å². The fourth-order valence-electron chi connectivity index (χ4n) is 2.82. The molecule has 0 unspecified atom stereocenters. The number of carbonyl (C=O) groups excluding carboxylic acids is 1. The summed E-state index contributed by atoms with van der Waals surface area (Å²) in [6.45, 7) is 2.60. The SMILES string of the molecule is Cc1cccc(COC(=O)N(CCCO)c2ccc(-c3cn[nH]c3)cc2)c1. The number of anilines is 1. The minimum absolute atomic E-state index is 0.00869. The van der Waals surface area contributed by atoms with E-state index in [-0.39, 0.29) is 13.2 Å². The van der Waals surface area contributed by atoms with Gasteiger partial charge in [0.1, 0.15) is 6.61 Å². The Morgan fingerprint density at radius 3 is 2.67 bits per heavy atom. The lowest BCUT2D eigenvalue weighted by molar-refractivity contribution is 0.146. The minimum Gasteiger partial charge on any atom is -0.444 e. The van der Waals surface area contributed by atoms with E-state index >= 15 is 0 Å². The monoisotopic (exact) mass is 365 g/mol. The maximum Gasteiger partial charge on any atom is 0.414 e. The van der Waals surface area contributed by atoms with Crippen LogP contribution >= 0.6 is 0 Å². The number of benzene rings is 2. The first kappa shape index (κ1) is 18.7. The highest BCUT2D eigenvalue weighted by molar-refractivity contribution is 5.88. The van der Waals surface area contributed by atoms with Crippen LogP contribution in [0.25, 0.3) is 11.1 Å². The molecule has 0 bridgehead atoms. The number of ether oxygens (including phenoxy) is 1. The Morgan fingerprint density at radius 1 is 1.19 bits per heavy atom. The van der Waals surface area contributed by atoms with Crippen molar-refractivity contribution in [2.24, 2.45) is 0 Å². The third-order valence-electron chi connectivity index (χ3n) is 4.22. The van der Waals surface area contributed by atoms with E-state index in [4.69, 9.17) is 9.84 Å². The zero-order chi connectivity index (χ0) is 19.1. The van der Waals surface area contributed by atoms with Crippen molar-refractivity contribution in [2.75, 3.05) is 18.1 Å². The molecule has 0 fully saturated rings. The zero-order valence-corrected chi connectivity index (χ0v) is 15.3. The summed E-state index contributed by atoms with van der Waals surface area (Å²) in [5, 5.41) is 15.9. The molecule has 3 rings (SSSR count). The first-order valence-electron chi connectivity index (χ1n) is 8.87. The smallest absolute Gasteiger partial charge is 0.414 e. The summed E-state index contributed by atoms with van der Waals surface area (Å²) in [6.07, 6.45) is 3.60. The summed E-state index contributed by atoms with van der Waals surface area (Å²) in [5.41, 5.74) is 4.77. The number of aromatic nitrogens is 2. The fourth-order valence-corrected chi connectivity index (χ4v) is 2.82. The fraction of sp³-hybridized carbons (Fsp3) is 0.238. The third-order valence-corrected chi connectivity index (χ3v) is 4.22. The molecule has 140 valence electrons. The van der Waals surface area contributed by atoms with E-state index in [9.17, 15) is 4.79 Å². The number of aliphatic hydroxyl groups is 1. The topological polar surface area (TPSA) is 78.4 Å². The molecule has 0 radical (unpaired) electrons. The van der Waals surface area contributed by atoms with Gasteiger partial charge in [0.2, 0.25) is 0 Å². The number of aryl methyl sites for hydroxylation is 1. The van der Waals surface area contributed by atoms with E-state index in [1.54, 1.807) is 11.1 Å². The Bertz CT molecular complexity index is 861. The van der Waals surface area contributed by atoms with Gasteiger partial charge in [-0.3, -0.25) is 10.00 Å². The summed E-state index contributed by atoms with van der Waals surface area (Å²) < 4.78 is 5.49. The summed E-state index contributed by atoms with van der Waals surface area (Å²) in [6, 6.07) is 15.5. The molecular weight excluding hydrogens is 342 g/mol. The highest BCUT2D eigenvalue weighted by Crippen LogP contribution is 2.23. The van der Waals surface area contributed by atoms with Gasteiger partial charge in [-0.25, -0.2) is 4.79 Å². The number of rotatable bonds is 7. The van der Waals surface area contributed by atoms with Crippen molar-refractivity contribution >= 4 is 11.8 Å². The van der Waals surface area contributed by atoms with Gasteiger partial charge < -0.3 is 9.84 Å². The molecule has 27 heavy (non-hydrogen) atoms. The number of H-pyrrole nitrogens is 1. The molecule has 3 aromatic rings. The Balaban J connectivity index is 1.71. The van der Waals surface area contributed by atoms with E-state index in [2.05, 4.69) is 10.2 Å². The van der Waals surface area contributed by atoms with Crippen molar-refractivity contribution in [1.29, 1.82) is 0 Å². The predicted octanol–water partition coefficient (Wildman–Crippen LogP) is 3.91. The lowest BCUT2D eigenvalue weighted by Gasteiger charge is -2.22. The third kappa shape index (κ3) is 4.95. The Kier molecular flexibility index (Phi) is 6.22. The zero-order valence-electron chi connectivity index (χ0n) is 15.3. The van der Waals surface area contributed by atoms with Gasteiger partial charge in [-0.15, -0.1) is 0 Å². The molecule has 0 aliphatic carbocycles. The molecule has 1 aromatic heterocycles. The van der Waals surface area contributed by atoms with Crippen molar-refractivity contribution in [1.82, 2.24) is 10.2 Å². The van der Waals surface area contributed by atoms with Crippen molar-refractivity contribution in [3.63, 3.8) is 0 Å². The number of carbonyl (C=O) groups is 1. The second-order valence-corrected chi connectivity index (χ2v) is 6.31. The van der Waals surface area contributed by atoms with E-state index in [0.29, 0.717) is 13.0 Å². The molecule has 1 heterocycles. The van der Waals surface area contributed by atoms with E-state index < -0.39 is 6.09 Å². The summed E-state index contributed by atoms with van der Waals surface area (Å²) in [5.74, 6) is 0. The average molecular weight is 365 g/mol. The number of aromatic amines is 1. The molecule has 0 spiro atoms. The van der Waals surface area contributed by atoms with Crippen molar-refractivity contribution in [3.05, 3.63) is 72.1 Å². The van der Waals surface area contributed by atoms with Gasteiger partial charge in [0.25, 0.3) is 0 Å². The Labute approximate surface area is 158 Å². The molecule has 1 amide bonds. The van der Waals surface area contributed by atoms with Crippen LogP contribution in [-0.4, -0.2) is 34.5 Å². The molecule has 0 aliphatic rings. The summed E-state index contributed by atoms with van der Waals surface area (Å²) in [7, 11) is 0.